The van der Waals surface area contributed by atoms with Gasteiger partial charge in [0.25, 0.3) is 5.91 Å². The SMILES string of the molecule is O=C1N[C@H](CCc2ccccc2)C(=O)N1CCS(=O)(=O)Oc1ccc(Cl)cc1Cl. The first-order chi connectivity index (χ1) is 13.7. The van der Waals surface area contributed by atoms with E-state index in [1.165, 1.54) is 18.2 Å². The quantitative estimate of drug-likeness (QED) is 0.485. The van der Waals surface area contributed by atoms with Crippen molar-refractivity contribution in [2.45, 2.75) is 18.9 Å². The number of benzene rings is 2. The molecule has 3 rings (SSSR count). The first-order valence-corrected chi connectivity index (χ1v) is 11.1. The summed E-state index contributed by atoms with van der Waals surface area (Å²) in [5.41, 5.74) is 1.05. The van der Waals surface area contributed by atoms with Crippen molar-refractivity contribution < 1.29 is 22.2 Å². The summed E-state index contributed by atoms with van der Waals surface area (Å²) in [7, 11) is -4.08. The van der Waals surface area contributed by atoms with Crippen LogP contribution in [0.4, 0.5) is 4.79 Å². The lowest BCUT2D eigenvalue weighted by atomic mass is 10.1. The second kappa shape index (κ2) is 9.02. The van der Waals surface area contributed by atoms with Crippen LogP contribution >= 0.6 is 23.2 Å². The fraction of sp³-hybridized carbons (Fsp3) is 0.263. The number of hydrogen-bond acceptors (Lipinski definition) is 5. The molecular formula is C19H18Cl2N2O5S. The van der Waals surface area contributed by atoms with Crippen molar-refractivity contribution in [1.29, 1.82) is 0 Å². The van der Waals surface area contributed by atoms with E-state index in [-0.39, 0.29) is 17.3 Å². The third-order valence-electron chi connectivity index (χ3n) is 4.35. The molecule has 7 nitrogen and oxygen atoms in total. The molecule has 1 atom stereocenters. The van der Waals surface area contributed by atoms with Gasteiger partial charge in [-0.1, -0.05) is 53.5 Å². The largest absolute Gasteiger partial charge is 0.381 e. The lowest BCUT2D eigenvalue weighted by Gasteiger charge is -2.14. The molecule has 154 valence electrons. The zero-order valence-electron chi connectivity index (χ0n) is 15.2. The Morgan fingerprint density at radius 1 is 1.07 bits per heavy atom. The van der Waals surface area contributed by atoms with Crippen LogP contribution in [0.3, 0.4) is 0 Å². The van der Waals surface area contributed by atoms with E-state index in [4.69, 9.17) is 27.4 Å². The van der Waals surface area contributed by atoms with Gasteiger partial charge in [0.05, 0.1) is 5.02 Å². The lowest BCUT2D eigenvalue weighted by Crippen LogP contribution is -2.36. The van der Waals surface area contributed by atoms with Gasteiger partial charge in [-0.3, -0.25) is 9.69 Å². The van der Waals surface area contributed by atoms with Gasteiger partial charge in [-0.2, -0.15) is 8.42 Å². The molecule has 2 aromatic carbocycles. The van der Waals surface area contributed by atoms with Crippen molar-refractivity contribution >= 4 is 45.3 Å². The third-order valence-corrected chi connectivity index (χ3v) is 5.99. The van der Waals surface area contributed by atoms with E-state index in [1.54, 1.807) is 0 Å². The van der Waals surface area contributed by atoms with E-state index >= 15 is 0 Å². The summed E-state index contributed by atoms with van der Waals surface area (Å²) in [5.74, 6) is -1.09. The molecule has 0 bridgehead atoms. The number of carbonyl (C=O) groups is 2. The Morgan fingerprint density at radius 3 is 2.48 bits per heavy atom. The molecule has 0 aliphatic carbocycles. The molecule has 0 unspecified atom stereocenters. The Hall–Kier alpha value is -2.29. The summed E-state index contributed by atoms with van der Waals surface area (Å²) < 4.78 is 29.4. The van der Waals surface area contributed by atoms with Gasteiger partial charge in [0.2, 0.25) is 0 Å². The molecule has 1 N–H and O–H groups in total. The van der Waals surface area contributed by atoms with E-state index in [1.807, 2.05) is 30.3 Å². The van der Waals surface area contributed by atoms with E-state index in [0.717, 1.165) is 10.5 Å². The van der Waals surface area contributed by atoms with Crippen molar-refractivity contribution in [3.63, 3.8) is 0 Å². The fourth-order valence-corrected chi connectivity index (χ4v) is 4.27. The Kier molecular flexibility index (Phi) is 6.66. The smallest absolute Gasteiger partial charge is 0.324 e. The third kappa shape index (κ3) is 5.62. The molecule has 10 heteroatoms. The molecule has 0 aromatic heterocycles. The molecule has 1 aliphatic heterocycles. The van der Waals surface area contributed by atoms with Gasteiger partial charge in [-0.25, -0.2) is 4.79 Å². The topological polar surface area (TPSA) is 92.8 Å². The molecule has 3 amide bonds. The maximum absolute atomic E-state index is 12.5. The minimum Gasteiger partial charge on any atom is -0.381 e. The predicted octanol–water partition coefficient (Wildman–Crippen LogP) is 3.26. The summed E-state index contributed by atoms with van der Waals surface area (Å²) in [6.07, 6.45) is 1.04. The average Bonchev–Trinajstić information content (AvgIpc) is 2.95. The maximum Gasteiger partial charge on any atom is 0.324 e. The summed E-state index contributed by atoms with van der Waals surface area (Å²) in [6.45, 7) is -0.319. The van der Waals surface area contributed by atoms with Crippen molar-refractivity contribution in [2.75, 3.05) is 12.3 Å². The molecule has 29 heavy (non-hydrogen) atoms. The summed E-state index contributed by atoms with van der Waals surface area (Å²) in [4.78, 5) is 25.5. The number of aryl methyl sites for hydroxylation is 1. The van der Waals surface area contributed by atoms with Gasteiger partial charge >= 0.3 is 16.1 Å². The molecule has 0 spiro atoms. The zero-order chi connectivity index (χ0) is 21.0. The molecule has 1 fully saturated rings. The highest BCUT2D eigenvalue weighted by molar-refractivity contribution is 7.87. The minimum atomic E-state index is -4.08. The Bertz CT molecular complexity index is 1010. The van der Waals surface area contributed by atoms with Gasteiger partial charge in [0.1, 0.15) is 11.8 Å². The van der Waals surface area contributed by atoms with Crippen LogP contribution < -0.4 is 9.50 Å². The fourth-order valence-electron chi connectivity index (χ4n) is 2.86. The van der Waals surface area contributed by atoms with Crippen LogP contribution in [-0.2, 0) is 21.3 Å². The highest BCUT2D eigenvalue weighted by atomic mass is 35.5. The second-order valence-corrected chi connectivity index (χ2v) is 8.97. The van der Waals surface area contributed by atoms with Gasteiger partial charge in [0, 0.05) is 11.6 Å². The number of amides is 3. The first-order valence-electron chi connectivity index (χ1n) is 8.78. The molecule has 0 radical (unpaired) electrons. The summed E-state index contributed by atoms with van der Waals surface area (Å²) in [6, 6.07) is 12.4. The highest BCUT2D eigenvalue weighted by Crippen LogP contribution is 2.28. The standard InChI is InChI=1S/C19H18Cl2N2O5S/c20-14-7-9-17(15(21)12-14)28-29(26,27)11-10-23-18(24)16(22-19(23)25)8-6-13-4-2-1-3-5-13/h1-5,7,9,12,16H,6,8,10-11H2,(H,22,25)/t16-/m1/s1. The van der Waals surface area contributed by atoms with Crippen LogP contribution in [0.1, 0.15) is 12.0 Å². The second-order valence-electron chi connectivity index (χ2n) is 6.44. The van der Waals surface area contributed by atoms with Crippen LogP contribution in [0.5, 0.6) is 5.75 Å². The molecule has 0 saturated carbocycles. The van der Waals surface area contributed by atoms with Crippen LogP contribution in [0, 0.1) is 0 Å². The van der Waals surface area contributed by atoms with Crippen molar-refractivity contribution in [1.82, 2.24) is 10.2 Å². The van der Waals surface area contributed by atoms with Gasteiger partial charge in [0.15, 0.2) is 5.75 Å². The Balaban J connectivity index is 1.56. The van der Waals surface area contributed by atoms with Crippen LogP contribution in [-0.4, -0.2) is 43.6 Å². The number of hydrogen-bond donors (Lipinski definition) is 1. The van der Waals surface area contributed by atoms with Crippen molar-refractivity contribution in [3.8, 4) is 5.75 Å². The molecule has 1 heterocycles. The number of nitrogens with zero attached hydrogens (tertiary/aromatic N) is 1. The number of imide groups is 1. The van der Waals surface area contributed by atoms with E-state index in [2.05, 4.69) is 5.32 Å². The van der Waals surface area contributed by atoms with Gasteiger partial charge in [-0.15, -0.1) is 0 Å². The summed E-state index contributed by atoms with van der Waals surface area (Å²) >= 11 is 11.7. The Morgan fingerprint density at radius 2 is 1.79 bits per heavy atom. The van der Waals surface area contributed by atoms with Gasteiger partial charge < -0.3 is 9.50 Å². The van der Waals surface area contributed by atoms with E-state index < -0.39 is 33.9 Å². The maximum atomic E-state index is 12.5. The number of halogens is 2. The first kappa shape index (κ1) is 21.4. The van der Waals surface area contributed by atoms with Crippen LogP contribution in [0.15, 0.2) is 48.5 Å². The summed E-state index contributed by atoms with van der Waals surface area (Å²) in [5, 5.41) is 2.96. The van der Waals surface area contributed by atoms with E-state index in [9.17, 15) is 18.0 Å². The zero-order valence-corrected chi connectivity index (χ0v) is 17.5. The number of rotatable bonds is 8. The lowest BCUT2D eigenvalue weighted by molar-refractivity contribution is -0.127. The number of nitrogens with one attached hydrogen (secondary N) is 1. The highest BCUT2D eigenvalue weighted by Gasteiger charge is 2.38. The number of urea groups is 1. The Labute approximate surface area is 178 Å². The van der Waals surface area contributed by atoms with Crippen LogP contribution in [0.25, 0.3) is 0 Å². The average molecular weight is 457 g/mol. The normalized spacial score (nSPS) is 16.8. The van der Waals surface area contributed by atoms with Crippen molar-refractivity contribution in [3.05, 3.63) is 64.1 Å². The van der Waals surface area contributed by atoms with Crippen LogP contribution in [0.2, 0.25) is 10.0 Å². The van der Waals surface area contributed by atoms with Gasteiger partial charge in [-0.05, 0) is 36.6 Å². The number of carbonyl (C=O) groups excluding carboxylic acids is 2. The monoisotopic (exact) mass is 456 g/mol. The molecular weight excluding hydrogens is 439 g/mol. The van der Waals surface area contributed by atoms with Crippen molar-refractivity contribution in [2.24, 2.45) is 0 Å². The van der Waals surface area contributed by atoms with E-state index in [0.29, 0.717) is 17.9 Å². The minimum absolute atomic E-state index is 0.0389. The molecule has 1 aliphatic rings. The predicted molar refractivity (Wildman–Crippen MR) is 110 cm³/mol. The molecule has 1 saturated heterocycles. The molecule has 2 aromatic rings.